The van der Waals surface area contributed by atoms with Crippen LogP contribution in [0.4, 0.5) is 0 Å². The van der Waals surface area contributed by atoms with Gasteiger partial charge in [-0.05, 0) is 31.2 Å². The Balaban J connectivity index is 2.37. The van der Waals surface area contributed by atoms with Crippen LogP contribution in [-0.4, -0.2) is 12.1 Å². The third kappa shape index (κ3) is 2.16. The van der Waals surface area contributed by atoms with Crippen molar-refractivity contribution >= 4 is 24.0 Å². The van der Waals surface area contributed by atoms with Crippen LogP contribution < -0.4 is 4.74 Å². The molecule has 0 saturated carbocycles. The first kappa shape index (κ1) is 10.5. The second-order valence-corrected chi connectivity index (χ2v) is 4.89. The second kappa shape index (κ2) is 4.24. The minimum atomic E-state index is 0.859. The molecule has 1 aromatic carbocycles. The van der Waals surface area contributed by atoms with Crippen molar-refractivity contribution in [3.8, 4) is 16.3 Å². The van der Waals surface area contributed by atoms with Gasteiger partial charge in [-0.25, -0.2) is 4.98 Å². The summed E-state index contributed by atoms with van der Waals surface area (Å²) < 4.78 is 6.07. The number of thiol groups is 1. The number of aromatic nitrogens is 1. The summed E-state index contributed by atoms with van der Waals surface area (Å²) in [4.78, 5) is 4.44. The number of thiazole rings is 1. The van der Waals surface area contributed by atoms with E-state index in [9.17, 15) is 0 Å². The standard InChI is InChI=1S/C11H11NOS2/c1-7-11(14)15-10(12-7)8-3-5-9(13-2)6-4-8/h3-6,14H,1-2H3. The summed E-state index contributed by atoms with van der Waals surface area (Å²) in [5.74, 6) is 0.859. The zero-order valence-electron chi connectivity index (χ0n) is 8.52. The van der Waals surface area contributed by atoms with E-state index in [0.29, 0.717) is 0 Å². The molecule has 0 radical (unpaired) electrons. The van der Waals surface area contributed by atoms with E-state index >= 15 is 0 Å². The van der Waals surface area contributed by atoms with Crippen LogP contribution >= 0.6 is 24.0 Å². The molecule has 0 atom stereocenters. The molecule has 2 nitrogen and oxygen atoms in total. The van der Waals surface area contributed by atoms with Crippen LogP contribution in [0.5, 0.6) is 5.75 Å². The van der Waals surface area contributed by atoms with Crippen LogP contribution in [0, 0.1) is 6.92 Å². The maximum absolute atomic E-state index is 5.10. The Morgan fingerprint density at radius 2 is 1.93 bits per heavy atom. The van der Waals surface area contributed by atoms with Crippen molar-refractivity contribution in [1.82, 2.24) is 4.98 Å². The molecule has 1 aromatic heterocycles. The summed E-state index contributed by atoms with van der Waals surface area (Å²) in [7, 11) is 1.66. The zero-order chi connectivity index (χ0) is 10.8. The van der Waals surface area contributed by atoms with E-state index in [0.717, 1.165) is 26.2 Å². The molecule has 0 bridgehead atoms. The van der Waals surface area contributed by atoms with Crippen molar-refractivity contribution in [1.29, 1.82) is 0 Å². The highest BCUT2D eigenvalue weighted by Crippen LogP contribution is 2.30. The van der Waals surface area contributed by atoms with Crippen molar-refractivity contribution in [3.05, 3.63) is 30.0 Å². The average molecular weight is 237 g/mol. The van der Waals surface area contributed by atoms with Crippen molar-refractivity contribution in [3.63, 3.8) is 0 Å². The summed E-state index contributed by atoms with van der Waals surface area (Å²) >= 11 is 5.93. The normalized spacial score (nSPS) is 10.3. The molecule has 0 amide bonds. The number of ether oxygens (including phenoxy) is 1. The summed E-state index contributed by atoms with van der Waals surface area (Å²) in [6.07, 6.45) is 0. The second-order valence-electron chi connectivity index (χ2n) is 3.14. The number of aryl methyl sites for hydroxylation is 1. The van der Waals surface area contributed by atoms with Gasteiger partial charge in [0, 0.05) is 5.56 Å². The van der Waals surface area contributed by atoms with Gasteiger partial charge < -0.3 is 4.74 Å². The minimum Gasteiger partial charge on any atom is -0.497 e. The first-order valence-corrected chi connectivity index (χ1v) is 5.78. The molecule has 0 saturated heterocycles. The number of benzene rings is 1. The summed E-state index contributed by atoms with van der Waals surface area (Å²) in [6, 6.07) is 7.88. The molecule has 78 valence electrons. The number of rotatable bonds is 2. The molecular formula is C11H11NOS2. The van der Waals surface area contributed by atoms with Gasteiger partial charge in [0.1, 0.15) is 10.8 Å². The van der Waals surface area contributed by atoms with Crippen LogP contribution in [0.3, 0.4) is 0 Å². The van der Waals surface area contributed by atoms with E-state index in [4.69, 9.17) is 4.74 Å². The molecule has 0 aliphatic heterocycles. The smallest absolute Gasteiger partial charge is 0.124 e. The van der Waals surface area contributed by atoms with Gasteiger partial charge in [0.25, 0.3) is 0 Å². The molecule has 0 aliphatic rings. The average Bonchev–Trinajstić information content (AvgIpc) is 2.59. The van der Waals surface area contributed by atoms with Crippen molar-refractivity contribution in [2.24, 2.45) is 0 Å². The van der Waals surface area contributed by atoms with Crippen LogP contribution in [0.2, 0.25) is 0 Å². The van der Waals surface area contributed by atoms with Crippen LogP contribution in [-0.2, 0) is 0 Å². The van der Waals surface area contributed by atoms with Gasteiger partial charge in [-0.1, -0.05) is 0 Å². The van der Waals surface area contributed by atoms with Crippen molar-refractivity contribution in [2.75, 3.05) is 7.11 Å². The van der Waals surface area contributed by atoms with E-state index in [1.54, 1.807) is 18.4 Å². The molecular weight excluding hydrogens is 226 g/mol. The lowest BCUT2D eigenvalue weighted by atomic mass is 10.2. The first-order valence-electron chi connectivity index (χ1n) is 4.51. The predicted octanol–water partition coefficient (Wildman–Crippen LogP) is 3.42. The summed E-state index contributed by atoms with van der Waals surface area (Å²) in [6.45, 7) is 1.96. The van der Waals surface area contributed by atoms with Gasteiger partial charge in [-0.2, -0.15) is 0 Å². The van der Waals surface area contributed by atoms with Gasteiger partial charge in [0.2, 0.25) is 0 Å². The molecule has 1 heterocycles. The van der Waals surface area contributed by atoms with Gasteiger partial charge in [-0.3, -0.25) is 0 Å². The summed E-state index contributed by atoms with van der Waals surface area (Å²) in [5.41, 5.74) is 2.08. The predicted molar refractivity (Wildman–Crippen MR) is 66.1 cm³/mol. The number of nitrogens with zero attached hydrogens (tertiary/aromatic N) is 1. The molecule has 0 N–H and O–H groups in total. The lowest BCUT2D eigenvalue weighted by Crippen LogP contribution is -1.82. The van der Waals surface area contributed by atoms with Crippen LogP contribution in [0.15, 0.2) is 28.5 Å². The number of hydrogen-bond donors (Lipinski definition) is 1. The third-order valence-electron chi connectivity index (χ3n) is 2.11. The Morgan fingerprint density at radius 1 is 1.27 bits per heavy atom. The largest absolute Gasteiger partial charge is 0.497 e. The SMILES string of the molecule is COc1ccc(-c2nc(C)c(S)s2)cc1. The monoisotopic (exact) mass is 237 g/mol. The lowest BCUT2D eigenvalue weighted by molar-refractivity contribution is 0.415. The Morgan fingerprint density at radius 3 is 2.40 bits per heavy atom. The Labute approximate surface area is 98.3 Å². The molecule has 0 spiro atoms. The quantitative estimate of drug-likeness (QED) is 0.808. The van der Waals surface area contributed by atoms with Crippen molar-refractivity contribution in [2.45, 2.75) is 11.1 Å². The Hall–Kier alpha value is -1.00. The molecule has 2 aromatic rings. The fourth-order valence-electron chi connectivity index (χ4n) is 1.25. The fraction of sp³-hybridized carbons (Fsp3) is 0.182. The highest BCUT2D eigenvalue weighted by Gasteiger charge is 2.06. The first-order chi connectivity index (χ1) is 7.20. The summed E-state index contributed by atoms with van der Waals surface area (Å²) in [5, 5.41) is 1.00. The number of hydrogen-bond acceptors (Lipinski definition) is 4. The third-order valence-corrected chi connectivity index (χ3v) is 3.72. The minimum absolute atomic E-state index is 0.859. The molecule has 2 rings (SSSR count). The molecule has 0 aliphatic carbocycles. The highest BCUT2D eigenvalue weighted by molar-refractivity contribution is 7.83. The van der Waals surface area contributed by atoms with Gasteiger partial charge in [-0.15, -0.1) is 24.0 Å². The van der Waals surface area contributed by atoms with E-state index in [-0.39, 0.29) is 0 Å². The lowest BCUT2D eigenvalue weighted by Gasteiger charge is -1.99. The highest BCUT2D eigenvalue weighted by atomic mass is 32.2. The fourth-order valence-corrected chi connectivity index (χ4v) is 2.37. The van der Waals surface area contributed by atoms with E-state index in [2.05, 4.69) is 17.6 Å². The van der Waals surface area contributed by atoms with E-state index in [1.807, 2.05) is 31.2 Å². The Kier molecular flexibility index (Phi) is 2.98. The molecule has 0 unspecified atom stereocenters. The molecule has 0 fully saturated rings. The van der Waals surface area contributed by atoms with Crippen LogP contribution in [0.1, 0.15) is 5.69 Å². The van der Waals surface area contributed by atoms with Crippen LogP contribution in [0.25, 0.3) is 10.6 Å². The van der Waals surface area contributed by atoms with Gasteiger partial charge in [0.05, 0.1) is 17.0 Å². The van der Waals surface area contributed by atoms with E-state index in [1.165, 1.54) is 0 Å². The topological polar surface area (TPSA) is 22.1 Å². The van der Waals surface area contributed by atoms with Gasteiger partial charge in [0.15, 0.2) is 0 Å². The Bertz CT molecular complexity index is 442. The zero-order valence-corrected chi connectivity index (χ0v) is 10.2. The van der Waals surface area contributed by atoms with Gasteiger partial charge >= 0.3 is 0 Å². The number of methoxy groups -OCH3 is 1. The molecule has 15 heavy (non-hydrogen) atoms. The maximum atomic E-state index is 5.10. The van der Waals surface area contributed by atoms with E-state index < -0.39 is 0 Å². The maximum Gasteiger partial charge on any atom is 0.124 e. The molecule has 4 heteroatoms. The van der Waals surface area contributed by atoms with Crippen molar-refractivity contribution < 1.29 is 4.74 Å².